The average Bonchev–Trinajstić information content (AvgIpc) is 2.68. The van der Waals surface area contributed by atoms with Crippen LogP contribution in [0.3, 0.4) is 0 Å². The summed E-state index contributed by atoms with van der Waals surface area (Å²) in [5.74, 6) is 0. The lowest BCUT2D eigenvalue weighted by Crippen LogP contribution is -1.89. The van der Waals surface area contributed by atoms with Gasteiger partial charge in [-0.2, -0.15) is 0 Å². The van der Waals surface area contributed by atoms with Crippen molar-refractivity contribution in [1.82, 2.24) is 9.97 Å². The Balaban J connectivity index is 2.31. The topological polar surface area (TPSA) is 48.9 Å². The Morgan fingerprint density at radius 2 is 2.00 bits per heavy atom. The Labute approximate surface area is 92.7 Å². The second-order valence-electron chi connectivity index (χ2n) is 3.90. The fraction of sp³-hybridized carbons (Fsp3) is 0.154. The minimum absolute atomic E-state index is 0.187. The summed E-state index contributed by atoms with van der Waals surface area (Å²) < 4.78 is 0. The van der Waals surface area contributed by atoms with Crippen LogP contribution in [-0.2, 0) is 6.42 Å². The van der Waals surface area contributed by atoms with E-state index < -0.39 is 0 Å². The zero-order valence-corrected chi connectivity index (χ0v) is 8.77. The molecule has 0 spiro atoms. The van der Waals surface area contributed by atoms with Gasteiger partial charge in [0.1, 0.15) is 0 Å². The Hall–Kier alpha value is -1.87. The summed E-state index contributed by atoms with van der Waals surface area (Å²) in [4.78, 5) is 7.49. The monoisotopic (exact) mass is 212 g/mol. The minimum atomic E-state index is 0.187. The van der Waals surface area contributed by atoms with Crippen LogP contribution in [0.15, 0.2) is 36.7 Å². The molecule has 2 heterocycles. The highest BCUT2D eigenvalue weighted by molar-refractivity contribution is 6.06. The maximum atomic E-state index is 8.94. The number of hydrogen-bond donors (Lipinski definition) is 2. The number of pyridine rings is 1. The fourth-order valence-electron chi connectivity index (χ4n) is 2.07. The van der Waals surface area contributed by atoms with E-state index in [4.69, 9.17) is 5.11 Å². The molecule has 2 N–H and O–H groups in total. The van der Waals surface area contributed by atoms with Crippen LogP contribution in [-0.4, -0.2) is 21.7 Å². The molecule has 0 saturated heterocycles. The fourth-order valence-corrected chi connectivity index (χ4v) is 2.07. The molecule has 3 rings (SSSR count). The number of nitrogens with one attached hydrogen (secondary N) is 1. The van der Waals surface area contributed by atoms with Gasteiger partial charge in [0.05, 0.1) is 0 Å². The zero-order valence-electron chi connectivity index (χ0n) is 8.77. The van der Waals surface area contributed by atoms with Crippen LogP contribution >= 0.6 is 0 Å². The van der Waals surface area contributed by atoms with Gasteiger partial charge >= 0.3 is 0 Å². The molecule has 1 aromatic carbocycles. The average molecular weight is 212 g/mol. The number of rotatable bonds is 2. The summed E-state index contributed by atoms with van der Waals surface area (Å²) in [6, 6.07) is 8.19. The summed E-state index contributed by atoms with van der Waals surface area (Å²) in [5, 5.41) is 11.2. The van der Waals surface area contributed by atoms with Gasteiger partial charge in [-0.25, -0.2) is 0 Å². The van der Waals surface area contributed by atoms with Gasteiger partial charge in [0.15, 0.2) is 0 Å². The summed E-state index contributed by atoms with van der Waals surface area (Å²) in [6.45, 7) is 0.187. The van der Waals surface area contributed by atoms with Crippen molar-refractivity contribution in [1.29, 1.82) is 0 Å². The Morgan fingerprint density at radius 3 is 2.88 bits per heavy atom. The first-order chi connectivity index (χ1) is 7.88. The molecule has 0 aliphatic heterocycles. The van der Waals surface area contributed by atoms with Gasteiger partial charge in [-0.05, 0) is 30.2 Å². The quantitative estimate of drug-likeness (QED) is 0.684. The van der Waals surface area contributed by atoms with Gasteiger partial charge in [0.2, 0.25) is 0 Å². The van der Waals surface area contributed by atoms with Crippen molar-refractivity contribution in [2.24, 2.45) is 0 Å². The number of aromatic nitrogens is 2. The summed E-state index contributed by atoms with van der Waals surface area (Å²) in [6.07, 6.45) is 4.35. The SMILES string of the molecule is OCCc1ccc2[nH]c3ccncc3c2c1. The molecular formula is C13H12N2O. The minimum Gasteiger partial charge on any atom is -0.396 e. The van der Waals surface area contributed by atoms with E-state index >= 15 is 0 Å². The lowest BCUT2D eigenvalue weighted by atomic mass is 10.1. The first-order valence-corrected chi connectivity index (χ1v) is 5.33. The number of nitrogens with zero attached hydrogens (tertiary/aromatic N) is 1. The molecule has 3 aromatic rings. The lowest BCUT2D eigenvalue weighted by molar-refractivity contribution is 0.299. The van der Waals surface area contributed by atoms with Crippen molar-refractivity contribution < 1.29 is 5.11 Å². The highest BCUT2D eigenvalue weighted by atomic mass is 16.2. The van der Waals surface area contributed by atoms with E-state index in [1.165, 1.54) is 5.39 Å². The zero-order chi connectivity index (χ0) is 11.0. The molecular weight excluding hydrogens is 200 g/mol. The smallest absolute Gasteiger partial charge is 0.0495 e. The Morgan fingerprint density at radius 1 is 1.12 bits per heavy atom. The van der Waals surface area contributed by atoms with Crippen molar-refractivity contribution in [3.63, 3.8) is 0 Å². The van der Waals surface area contributed by atoms with Crippen LogP contribution in [0.1, 0.15) is 5.56 Å². The number of H-pyrrole nitrogens is 1. The summed E-state index contributed by atoms with van der Waals surface area (Å²) in [7, 11) is 0. The number of aliphatic hydroxyl groups excluding tert-OH is 1. The molecule has 0 radical (unpaired) electrons. The van der Waals surface area contributed by atoms with Gasteiger partial charge in [-0.1, -0.05) is 6.07 Å². The third-order valence-electron chi connectivity index (χ3n) is 2.87. The third kappa shape index (κ3) is 1.37. The van der Waals surface area contributed by atoms with Crippen molar-refractivity contribution in [3.05, 3.63) is 42.2 Å². The molecule has 0 bridgehead atoms. The lowest BCUT2D eigenvalue weighted by Gasteiger charge is -1.98. The van der Waals surface area contributed by atoms with Gasteiger partial charge in [0.25, 0.3) is 0 Å². The molecule has 0 aliphatic rings. The van der Waals surface area contributed by atoms with E-state index in [1.807, 2.05) is 18.3 Å². The first kappa shape index (κ1) is 9.36. The third-order valence-corrected chi connectivity index (χ3v) is 2.87. The molecule has 0 atom stereocenters. The molecule has 0 aliphatic carbocycles. The molecule has 0 amide bonds. The molecule has 0 saturated carbocycles. The van der Waals surface area contributed by atoms with E-state index in [9.17, 15) is 0 Å². The van der Waals surface area contributed by atoms with E-state index in [-0.39, 0.29) is 6.61 Å². The van der Waals surface area contributed by atoms with Crippen molar-refractivity contribution in [2.45, 2.75) is 6.42 Å². The van der Waals surface area contributed by atoms with E-state index in [1.54, 1.807) is 6.20 Å². The number of aromatic amines is 1. The van der Waals surface area contributed by atoms with Crippen LogP contribution in [0.4, 0.5) is 0 Å². The number of fused-ring (bicyclic) bond motifs is 3. The standard InChI is InChI=1S/C13H12N2O/c16-6-4-9-1-2-12-10(7-9)11-8-14-5-3-13(11)15-12/h1-3,5,7-8,15-16H,4,6H2. The maximum absolute atomic E-state index is 8.94. The molecule has 3 heteroatoms. The van der Waals surface area contributed by atoms with E-state index in [0.29, 0.717) is 6.42 Å². The van der Waals surface area contributed by atoms with Crippen LogP contribution in [0, 0.1) is 0 Å². The predicted molar refractivity (Wildman–Crippen MR) is 64.4 cm³/mol. The maximum Gasteiger partial charge on any atom is 0.0495 e. The van der Waals surface area contributed by atoms with Crippen LogP contribution in [0.2, 0.25) is 0 Å². The molecule has 0 fully saturated rings. The highest BCUT2D eigenvalue weighted by Crippen LogP contribution is 2.25. The Bertz CT molecular complexity index is 643. The van der Waals surface area contributed by atoms with Crippen molar-refractivity contribution in [3.8, 4) is 0 Å². The van der Waals surface area contributed by atoms with Crippen molar-refractivity contribution >= 4 is 21.8 Å². The number of hydrogen-bond acceptors (Lipinski definition) is 2. The van der Waals surface area contributed by atoms with Gasteiger partial charge in [-0.3, -0.25) is 4.98 Å². The van der Waals surface area contributed by atoms with Crippen molar-refractivity contribution in [2.75, 3.05) is 6.61 Å². The van der Waals surface area contributed by atoms with Crippen LogP contribution in [0.5, 0.6) is 0 Å². The van der Waals surface area contributed by atoms with Gasteiger partial charge < -0.3 is 10.1 Å². The van der Waals surface area contributed by atoms with Gasteiger partial charge in [-0.15, -0.1) is 0 Å². The summed E-state index contributed by atoms with van der Waals surface area (Å²) >= 11 is 0. The second-order valence-corrected chi connectivity index (χ2v) is 3.90. The number of aliphatic hydroxyl groups is 1. The molecule has 3 nitrogen and oxygen atoms in total. The second kappa shape index (κ2) is 3.61. The first-order valence-electron chi connectivity index (χ1n) is 5.33. The predicted octanol–water partition coefficient (Wildman–Crippen LogP) is 2.25. The largest absolute Gasteiger partial charge is 0.396 e. The number of benzene rings is 1. The van der Waals surface area contributed by atoms with Crippen LogP contribution < -0.4 is 0 Å². The highest BCUT2D eigenvalue weighted by Gasteiger charge is 2.04. The summed E-state index contributed by atoms with van der Waals surface area (Å²) in [5.41, 5.74) is 3.37. The normalized spacial score (nSPS) is 11.3. The molecule has 2 aromatic heterocycles. The molecule has 80 valence electrons. The van der Waals surface area contributed by atoms with E-state index in [0.717, 1.165) is 22.0 Å². The molecule has 16 heavy (non-hydrogen) atoms. The van der Waals surface area contributed by atoms with Crippen LogP contribution in [0.25, 0.3) is 21.8 Å². The Kier molecular flexibility index (Phi) is 2.11. The molecule has 0 unspecified atom stereocenters. The van der Waals surface area contributed by atoms with E-state index in [2.05, 4.69) is 22.1 Å². The van der Waals surface area contributed by atoms with Gasteiger partial charge in [0, 0.05) is 40.8 Å².